The van der Waals surface area contributed by atoms with Crippen LogP contribution >= 0.6 is 11.6 Å². The summed E-state index contributed by atoms with van der Waals surface area (Å²) < 4.78 is 5.17. The average Bonchev–Trinajstić information content (AvgIpc) is 2.58. The van der Waals surface area contributed by atoms with Gasteiger partial charge in [0.15, 0.2) is 5.76 Å². The van der Waals surface area contributed by atoms with Gasteiger partial charge in [0.25, 0.3) is 5.91 Å². The number of nitrogens with one attached hydrogen (secondary N) is 1. The molecule has 4 heterocycles. The summed E-state index contributed by atoms with van der Waals surface area (Å²) in [6.07, 6.45) is 3.77. The SMILES string of the molecule is O=C(c1cc(Cl)co1)N1CC2CCC(C1)NC2. The summed E-state index contributed by atoms with van der Waals surface area (Å²) in [5.41, 5.74) is 0. The second kappa shape index (κ2) is 4.35. The highest BCUT2D eigenvalue weighted by molar-refractivity contribution is 6.30. The predicted molar refractivity (Wildman–Crippen MR) is 64.1 cm³/mol. The molecule has 2 atom stereocenters. The molecule has 4 rings (SSSR count). The number of piperidine rings is 1. The third-order valence-electron chi connectivity index (χ3n) is 3.60. The lowest BCUT2D eigenvalue weighted by Gasteiger charge is -2.22. The zero-order chi connectivity index (χ0) is 11.8. The normalized spacial score (nSPS) is 28.2. The number of hydrogen-bond donors (Lipinski definition) is 1. The van der Waals surface area contributed by atoms with Gasteiger partial charge < -0.3 is 14.6 Å². The van der Waals surface area contributed by atoms with Gasteiger partial charge in [-0.05, 0) is 25.3 Å². The molecule has 5 heteroatoms. The van der Waals surface area contributed by atoms with Crippen LogP contribution in [0.1, 0.15) is 23.4 Å². The van der Waals surface area contributed by atoms with Gasteiger partial charge in [-0.1, -0.05) is 11.6 Å². The fourth-order valence-electron chi connectivity index (χ4n) is 2.69. The van der Waals surface area contributed by atoms with Crippen LogP contribution in [0.2, 0.25) is 5.02 Å². The van der Waals surface area contributed by atoms with Crippen molar-refractivity contribution in [2.24, 2.45) is 5.92 Å². The largest absolute Gasteiger partial charge is 0.458 e. The summed E-state index contributed by atoms with van der Waals surface area (Å²) in [5, 5.41) is 3.95. The molecule has 0 spiro atoms. The minimum absolute atomic E-state index is 0.0440. The van der Waals surface area contributed by atoms with Crippen LogP contribution in [0.4, 0.5) is 0 Å². The summed E-state index contributed by atoms with van der Waals surface area (Å²) in [6.45, 7) is 2.61. The molecule has 3 aliphatic heterocycles. The molecule has 2 unspecified atom stereocenters. The summed E-state index contributed by atoms with van der Waals surface area (Å²) in [4.78, 5) is 14.1. The van der Waals surface area contributed by atoms with E-state index in [0.29, 0.717) is 22.7 Å². The quantitative estimate of drug-likeness (QED) is 0.831. The second-order valence-corrected chi connectivity index (χ2v) is 5.32. The van der Waals surface area contributed by atoms with Gasteiger partial charge in [0.05, 0.1) is 5.02 Å². The Labute approximate surface area is 105 Å². The highest BCUT2D eigenvalue weighted by Crippen LogP contribution is 2.23. The van der Waals surface area contributed by atoms with Crippen molar-refractivity contribution < 1.29 is 9.21 Å². The molecule has 1 aromatic rings. The molecule has 0 aliphatic carbocycles. The zero-order valence-electron chi connectivity index (χ0n) is 9.49. The minimum atomic E-state index is -0.0440. The number of halogens is 1. The van der Waals surface area contributed by atoms with Crippen LogP contribution in [-0.4, -0.2) is 36.5 Å². The number of nitrogens with zero attached hydrogens (tertiary/aromatic N) is 1. The molecule has 0 radical (unpaired) electrons. The van der Waals surface area contributed by atoms with Gasteiger partial charge in [-0.25, -0.2) is 0 Å². The van der Waals surface area contributed by atoms with E-state index >= 15 is 0 Å². The van der Waals surface area contributed by atoms with Crippen molar-refractivity contribution in [1.29, 1.82) is 0 Å². The predicted octanol–water partition coefficient (Wildman–Crippen LogP) is 1.76. The number of fused-ring (bicyclic) bond motifs is 4. The minimum Gasteiger partial charge on any atom is -0.458 e. The number of furan rings is 1. The van der Waals surface area contributed by atoms with E-state index < -0.39 is 0 Å². The van der Waals surface area contributed by atoms with Gasteiger partial charge in [0.1, 0.15) is 6.26 Å². The highest BCUT2D eigenvalue weighted by atomic mass is 35.5. The number of rotatable bonds is 1. The molecule has 4 nitrogen and oxygen atoms in total. The van der Waals surface area contributed by atoms with Crippen LogP contribution in [0.5, 0.6) is 0 Å². The summed E-state index contributed by atoms with van der Waals surface area (Å²) in [5.74, 6) is 0.872. The first-order chi connectivity index (χ1) is 8.22. The molecule has 1 aromatic heterocycles. The molecule has 0 aromatic carbocycles. The molecular formula is C12H15ClN2O2. The van der Waals surface area contributed by atoms with Crippen molar-refractivity contribution in [3.8, 4) is 0 Å². The Kier molecular flexibility index (Phi) is 2.84. The van der Waals surface area contributed by atoms with E-state index in [1.165, 1.54) is 12.7 Å². The molecule has 2 bridgehead atoms. The Balaban J connectivity index is 1.78. The maximum Gasteiger partial charge on any atom is 0.289 e. The van der Waals surface area contributed by atoms with Crippen molar-refractivity contribution in [1.82, 2.24) is 10.2 Å². The smallest absolute Gasteiger partial charge is 0.289 e. The third kappa shape index (κ3) is 2.19. The standard InChI is InChI=1S/C12H15ClN2O2/c13-9-3-11(17-7-9)12(16)15-5-8-1-2-10(6-15)14-4-8/h3,7-8,10,14H,1-2,4-6H2. The average molecular weight is 255 g/mol. The topological polar surface area (TPSA) is 45.5 Å². The van der Waals surface area contributed by atoms with Crippen LogP contribution in [0, 0.1) is 5.92 Å². The molecule has 3 aliphatic rings. The highest BCUT2D eigenvalue weighted by Gasteiger charge is 2.32. The van der Waals surface area contributed by atoms with Gasteiger partial charge in [-0.3, -0.25) is 4.79 Å². The van der Waals surface area contributed by atoms with E-state index in [4.69, 9.17) is 16.0 Å². The van der Waals surface area contributed by atoms with Gasteiger partial charge in [0, 0.05) is 25.2 Å². The maximum atomic E-state index is 12.2. The second-order valence-electron chi connectivity index (χ2n) is 4.89. The first-order valence-electron chi connectivity index (χ1n) is 5.99. The van der Waals surface area contributed by atoms with Crippen LogP contribution in [0.15, 0.2) is 16.7 Å². The van der Waals surface area contributed by atoms with Crippen LogP contribution in [-0.2, 0) is 0 Å². The summed E-state index contributed by atoms with van der Waals surface area (Å²) in [7, 11) is 0. The van der Waals surface area contributed by atoms with Crippen LogP contribution in [0.25, 0.3) is 0 Å². The molecule has 3 fully saturated rings. The van der Waals surface area contributed by atoms with E-state index in [1.807, 2.05) is 4.90 Å². The Morgan fingerprint density at radius 2 is 2.35 bits per heavy atom. The first-order valence-corrected chi connectivity index (χ1v) is 6.37. The van der Waals surface area contributed by atoms with E-state index in [1.54, 1.807) is 6.07 Å². The van der Waals surface area contributed by atoms with E-state index in [-0.39, 0.29) is 5.91 Å². The summed E-state index contributed by atoms with van der Waals surface area (Å²) >= 11 is 5.77. The lowest BCUT2D eigenvalue weighted by atomic mass is 9.97. The molecule has 0 saturated carbocycles. The Morgan fingerprint density at radius 1 is 1.47 bits per heavy atom. The fraction of sp³-hybridized carbons (Fsp3) is 0.583. The van der Waals surface area contributed by atoms with Gasteiger partial charge in [0.2, 0.25) is 0 Å². The van der Waals surface area contributed by atoms with Crippen molar-refractivity contribution in [2.45, 2.75) is 18.9 Å². The number of carbonyl (C=O) groups excluding carboxylic acids is 1. The van der Waals surface area contributed by atoms with Crippen LogP contribution < -0.4 is 5.32 Å². The lowest BCUT2D eigenvalue weighted by Crippen LogP contribution is -2.40. The Hall–Kier alpha value is -1.00. The molecular weight excluding hydrogens is 240 g/mol. The molecule has 17 heavy (non-hydrogen) atoms. The number of hydrogen-bond acceptors (Lipinski definition) is 3. The lowest BCUT2D eigenvalue weighted by molar-refractivity contribution is 0.0716. The maximum absolute atomic E-state index is 12.2. The summed E-state index contributed by atoms with van der Waals surface area (Å²) in [6, 6.07) is 2.02. The zero-order valence-corrected chi connectivity index (χ0v) is 10.2. The van der Waals surface area contributed by atoms with Gasteiger partial charge >= 0.3 is 0 Å². The van der Waals surface area contributed by atoms with Crippen molar-refractivity contribution in [2.75, 3.05) is 19.6 Å². The number of carbonyl (C=O) groups is 1. The molecule has 1 amide bonds. The first kappa shape index (κ1) is 11.1. The molecule has 92 valence electrons. The van der Waals surface area contributed by atoms with Crippen molar-refractivity contribution in [3.05, 3.63) is 23.1 Å². The molecule has 3 saturated heterocycles. The van der Waals surface area contributed by atoms with E-state index in [0.717, 1.165) is 26.1 Å². The van der Waals surface area contributed by atoms with Crippen molar-refractivity contribution >= 4 is 17.5 Å². The van der Waals surface area contributed by atoms with E-state index in [9.17, 15) is 4.79 Å². The Morgan fingerprint density at radius 3 is 3.00 bits per heavy atom. The Bertz CT molecular complexity index is 410. The fourth-order valence-corrected chi connectivity index (χ4v) is 2.83. The van der Waals surface area contributed by atoms with E-state index in [2.05, 4.69) is 5.32 Å². The van der Waals surface area contributed by atoms with Crippen molar-refractivity contribution in [3.63, 3.8) is 0 Å². The molecule has 1 N–H and O–H groups in total. The third-order valence-corrected chi connectivity index (χ3v) is 3.80. The van der Waals surface area contributed by atoms with Gasteiger partial charge in [-0.15, -0.1) is 0 Å². The number of amides is 1. The monoisotopic (exact) mass is 254 g/mol. The van der Waals surface area contributed by atoms with Gasteiger partial charge in [-0.2, -0.15) is 0 Å². The van der Waals surface area contributed by atoms with Crippen LogP contribution in [0.3, 0.4) is 0 Å².